The highest BCUT2D eigenvalue weighted by Crippen LogP contribution is 2.13. The number of nitriles is 1. The largest absolute Gasteiger partial charge is 0.396 e. The van der Waals surface area contributed by atoms with E-state index < -0.39 is 0 Å². The van der Waals surface area contributed by atoms with Gasteiger partial charge in [-0.25, -0.2) is 0 Å². The SMILES string of the molecule is Cc1cc(CCN)nc(CCO)c1C#N. The maximum atomic E-state index is 8.95. The molecule has 80 valence electrons. The molecule has 0 aliphatic carbocycles. The van der Waals surface area contributed by atoms with Crippen LogP contribution >= 0.6 is 0 Å². The number of hydrogen-bond donors (Lipinski definition) is 2. The third kappa shape index (κ3) is 2.75. The topological polar surface area (TPSA) is 82.9 Å². The van der Waals surface area contributed by atoms with Crippen LogP contribution in [0.15, 0.2) is 6.07 Å². The van der Waals surface area contributed by atoms with E-state index in [-0.39, 0.29) is 6.61 Å². The predicted octanol–water partition coefficient (Wildman–Crippen LogP) is 0.298. The quantitative estimate of drug-likeness (QED) is 0.740. The van der Waals surface area contributed by atoms with Gasteiger partial charge in [-0.1, -0.05) is 0 Å². The van der Waals surface area contributed by atoms with E-state index in [1.165, 1.54) is 0 Å². The molecule has 0 radical (unpaired) electrons. The van der Waals surface area contributed by atoms with E-state index in [1.54, 1.807) is 0 Å². The molecule has 4 heteroatoms. The van der Waals surface area contributed by atoms with Crippen LogP contribution in [0.4, 0.5) is 0 Å². The molecule has 0 aliphatic heterocycles. The fourth-order valence-corrected chi connectivity index (χ4v) is 1.53. The normalized spacial score (nSPS) is 10.0. The molecule has 0 spiro atoms. The Kier molecular flexibility index (Phi) is 4.22. The third-order valence-electron chi connectivity index (χ3n) is 2.21. The van der Waals surface area contributed by atoms with Crippen LogP contribution in [0.1, 0.15) is 22.5 Å². The van der Waals surface area contributed by atoms with Crippen LogP contribution in [0, 0.1) is 18.3 Å². The second-order valence-corrected chi connectivity index (χ2v) is 3.38. The van der Waals surface area contributed by atoms with Crippen LogP contribution in [-0.4, -0.2) is 23.2 Å². The fraction of sp³-hybridized carbons (Fsp3) is 0.455. The molecule has 15 heavy (non-hydrogen) atoms. The molecular weight excluding hydrogens is 190 g/mol. The summed E-state index contributed by atoms with van der Waals surface area (Å²) in [6.45, 7) is 2.42. The van der Waals surface area contributed by atoms with Crippen LogP contribution in [0.3, 0.4) is 0 Å². The highest BCUT2D eigenvalue weighted by Gasteiger charge is 2.08. The second kappa shape index (κ2) is 5.44. The minimum absolute atomic E-state index is 0.00714. The number of nitrogens with zero attached hydrogens (tertiary/aromatic N) is 2. The van der Waals surface area contributed by atoms with Gasteiger partial charge in [-0.2, -0.15) is 5.26 Å². The van der Waals surface area contributed by atoms with Crippen LogP contribution in [0.2, 0.25) is 0 Å². The second-order valence-electron chi connectivity index (χ2n) is 3.38. The van der Waals surface area contributed by atoms with Crippen LogP contribution in [0.5, 0.6) is 0 Å². The number of aromatic nitrogens is 1. The molecule has 4 nitrogen and oxygen atoms in total. The lowest BCUT2D eigenvalue weighted by Gasteiger charge is -2.07. The van der Waals surface area contributed by atoms with Gasteiger partial charge >= 0.3 is 0 Å². The molecule has 3 N–H and O–H groups in total. The average molecular weight is 205 g/mol. The molecule has 1 heterocycles. The first-order valence-corrected chi connectivity index (χ1v) is 4.93. The molecule has 1 rings (SSSR count). The summed E-state index contributed by atoms with van der Waals surface area (Å²) >= 11 is 0. The number of aryl methyl sites for hydroxylation is 1. The maximum Gasteiger partial charge on any atom is 0.101 e. The van der Waals surface area contributed by atoms with Crippen molar-refractivity contribution in [3.8, 4) is 6.07 Å². The lowest BCUT2D eigenvalue weighted by molar-refractivity contribution is 0.298. The van der Waals surface area contributed by atoms with E-state index in [2.05, 4.69) is 11.1 Å². The predicted molar refractivity (Wildman–Crippen MR) is 57.2 cm³/mol. The molecular formula is C11H15N3O. The Morgan fingerprint density at radius 2 is 2.27 bits per heavy atom. The lowest BCUT2D eigenvalue weighted by atomic mass is 10.0. The molecule has 0 saturated heterocycles. The van der Waals surface area contributed by atoms with Crippen molar-refractivity contribution in [1.29, 1.82) is 5.26 Å². The van der Waals surface area contributed by atoms with Gasteiger partial charge in [-0.05, 0) is 25.1 Å². The van der Waals surface area contributed by atoms with E-state index in [9.17, 15) is 0 Å². The van der Waals surface area contributed by atoms with Gasteiger partial charge in [0.05, 0.1) is 11.3 Å². The molecule has 0 saturated carbocycles. The van der Waals surface area contributed by atoms with Crippen molar-refractivity contribution in [1.82, 2.24) is 4.98 Å². The van der Waals surface area contributed by atoms with Crippen LogP contribution < -0.4 is 5.73 Å². The molecule has 0 atom stereocenters. The summed E-state index contributed by atoms with van der Waals surface area (Å²) in [6.07, 6.45) is 1.12. The minimum Gasteiger partial charge on any atom is -0.396 e. The molecule has 1 aromatic heterocycles. The molecule has 0 aromatic carbocycles. The Bertz CT molecular complexity index is 382. The van der Waals surface area contributed by atoms with Crippen molar-refractivity contribution in [3.63, 3.8) is 0 Å². The van der Waals surface area contributed by atoms with Crippen molar-refractivity contribution < 1.29 is 5.11 Å². The number of nitrogens with two attached hydrogens (primary N) is 1. The van der Waals surface area contributed by atoms with E-state index >= 15 is 0 Å². The van der Waals surface area contributed by atoms with E-state index in [4.69, 9.17) is 16.1 Å². The van der Waals surface area contributed by atoms with Gasteiger partial charge in [-0.15, -0.1) is 0 Å². The zero-order chi connectivity index (χ0) is 11.3. The lowest BCUT2D eigenvalue weighted by Crippen LogP contribution is -2.09. The van der Waals surface area contributed by atoms with E-state index in [0.717, 1.165) is 11.3 Å². The summed E-state index contributed by atoms with van der Waals surface area (Å²) in [5, 5.41) is 17.8. The van der Waals surface area contributed by atoms with E-state index in [0.29, 0.717) is 30.6 Å². The molecule has 0 bridgehead atoms. The standard InChI is InChI=1S/C11H15N3O/c1-8-6-9(2-4-12)14-11(3-5-15)10(8)7-13/h6,15H,2-5,12H2,1H3. The first-order chi connectivity index (χ1) is 7.22. The van der Waals surface area contributed by atoms with Crippen LogP contribution in [0.25, 0.3) is 0 Å². The summed E-state index contributed by atoms with van der Waals surface area (Å²) in [5.41, 5.74) is 8.48. The number of hydrogen-bond acceptors (Lipinski definition) is 4. The smallest absolute Gasteiger partial charge is 0.101 e. The number of rotatable bonds is 4. The minimum atomic E-state index is 0.00714. The summed E-state index contributed by atoms with van der Waals surface area (Å²) in [5.74, 6) is 0. The Morgan fingerprint density at radius 1 is 1.53 bits per heavy atom. The van der Waals surface area contributed by atoms with Crippen molar-refractivity contribution in [2.75, 3.05) is 13.2 Å². The van der Waals surface area contributed by atoms with Gasteiger partial charge in [0.2, 0.25) is 0 Å². The number of aliphatic hydroxyl groups is 1. The highest BCUT2D eigenvalue weighted by atomic mass is 16.3. The van der Waals surface area contributed by atoms with Crippen molar-refractivity contribution in [2.45, 2.75) is 19.8 Å². The third-order valence-corrected chi connectivity index (χ3v) is 2.21. The maximum absolute atomic E-state index is 8.95. The van der Waals surface area contributed by atoms with Gasteiger partial charge in [-0.3, -0.25) is 4.98 Å². The summed E-state index contributed by atoms with van der Waals surface area (Å²) in [7, 11) is 0. The highest BCUT2D eigenvalue weighted by molar-refractivity contribution is 5.41. The van der Waals surface area contributed by atoms with Gasteiger partial charge < -0.3 is 10.8 Å². The van der Waals surface area contributed by atoms with E-state index in [1.807, 2.05) is 13.0 Å². The molecule has 0 fully saturated rings. The van der Waals surface area contributed by atoms with Crippen molar-refractivity contribution in [3.05, 3.63) is 28.6 Å². The molecule has 0 aliphatic rings. The first-order valence-electron chi connectivity index (χ1n) is 4.93. The van der Waals surface area contributed by atoms with Gasteiger partial charge in [0, 0.05) is 25.1 Å². The average Bonchev–Trinajstić information content (AvgIpc) is 2.18. The number of pyridine rings is 1. The summed E-state index contributed by atoms with van der Waals surface area (Å²) in [4.78, 5) is 4.32. The molecule has 0 amide bonds. The Hall–Kier alpha value is -1.44. The number of aliphatic hydroxyl groups excluding tert-OH is 1. The zero-order valence-corrected chi connectivity index (χ0v) is 8.82. The van der Waals surface area contributed by atoms with Gasteiger partial charge in [0.15, 0.2) is 0 Å². The summed E-state index contributed by atoms with van der Waals surface area (Å²) < 4.78 is 0. The fourth-order valence-electron chi connectivity index (χ4n) is 1.53. The van der Waals surface area contributed by atoms with Gasteiger partial charge in [0.25, 0.3) is 0 Å². The van der Waals surface area contributed by atoms with Crippen molar-refractivity contribution in [2.24, 2.45) is 5.73 Å². The van der Waals surface area contributed by atoms with Crippen molar-refractivity contribution >= 4 is 0 Å². The Morgan fingerprint density at radius 3 is 2.80 bits per heavy atom. The van der Waals surface area contributed by atoms with Gasteiger partial charge in [0.1, 0.15) is 6.07 Å². The Balaban J connectivity index is 3.14. The van der Waals surface area contributed by atoms with Crippen LogP contribution in [-0.2, 0) is 12.8 Å². The first kappa shape index (κ1) is 11.6. The Labute approximate surface area is 89.4 Å². The molecule has 0 unspecified atom stereocenters. The summed E-state index contributed by atoms with van der Waals surface area (Å²) in [6, 6.07) is 3.99. The molecule has 1 aromatic rings. The monoisotopic (exact) mass is 205 g/mol. The zero-order valence-electron chi connectivity index (χ0n) is 8.82.